The first-order chi connectivity index (χ1) is 15.7. The molecule has 180 valence electrons. The molecule has 2 saturated heterocycles. The van der Waals surface area contributed by atoms with Crippen molar-refractivity contribution in [3.05, 3.63) is 16.6 Å². The number of hydrogen-bond donors (Lipinski definition) is 3. The van der Waals surface area contributed by atoms with Gasteiger partial charge in [0.25, 0.3) is 0 Å². The molecule has 10 nitrogen and oxygen atoms in total. The Bertz CT molecular complexity index is 1000. The third-order valence-electron chi connectivity index (χ3n) is 6.47. The van der Waals surface area contributed by atoms with Gasteiger partial charge in [-0.25, -0.2) is 9.78 Å². The van der Waals surface area contributed by atoms with Crippen LogP contribution in [-0.4, -0.2) is 88.0 Å². The number of nitrogens with one attached hydrogen (secondary N) is 1. The van der Waals surface area contributed by atoms with Gasteiger partial charge in [-0.3, -0.25) is 5.32 Å². The van der Waals surface area contributed by atoms with Crippen LogP contribution in [-0.2, 0) is 0 Å². The summed E-state index contributed by atoms with van der Waals surface area (Å²) >= 11 is 1.09. The number of aromatic nitrogens is 3. The van der Waals surface area contributed by atoms with E-state index >= 15 is 0 Å². The maximum Gasteiger partial charge on any atom is 0.347 e. The fraction of sp³-hybridized carbons (Fsp3) is 0.636. The quantitative estimate of drug-likeness (QED) is 0.575. The molecule has 0 radical (unpaired) electrons. The molecular formula is C22H33N7O3S. The Morgan fingerprint density at radius 2 is 1.88 bits per heavy atom. The summed E-state index contributed by atoms with van der Waals surface area (Å²) < 4.78 is 0. The van der Waals surface area contributed by atoms with E-state index in [1.54, 1.807) is 6.92 Å². The number of aryl methyl sites for hydroxylation is 1. The minimum absolute atomic E-state index is 0.103. The van der Waals surface area contributed by atoms with E-state index in [0.717, 1.165) is 68.5 Å². The van der Waals surface area contributed by atoms with Gasteiger partial charge in [-0.1, -0.05) is 11.3 Å². The second kappa shape index (κ2) is 9.40. The molecule has 2 fully saturated rings. The van der Waals surface area contributed by atoms with Crippen LogP contribution in [0.25, 0.3) is 0 Å². The lowest BCUT2D eigenvalue weighted by atomic mass is 9.98. The lowest BCUT2D eigenvalue weighted by molar-refractivity contribution is 0.0701. The Balaban J connectivity index is 1.67. The van der Waals surface area contributed by atoms with Crippen molar-refractivity contribution in [1.82, 2.24) is 19.9 Å². The lowest BCUT2D eigenvalue weighted by Crippen LogP contribution is -2.58. The van der Waals surface area contributed by atoms with Gasteiger partial charge in [0, 0.05) is 50.9 Å². The molecule has 0 aromatic carbocycles. The molecule has 0 aliphatic carbocycles. The predicted molar refractivity (Wildman–Crippen MR) is 130 cm³/mol. The summed E-state index contributed by atoms with van der Waals surface area (Å²) in [5.74, 6) is 1.44. The number of carboxylic acid groups (broad SMARTS) is 1. The van der Waals surface area contributed by atoms with Crippen LogP contribution in [0.4, 0.5) is 22.7 Å². The molecule has 33 heavy (non-hydrogen) atoms. The normalized spacial score (nSPS) is 19.7. The minimum Gasteiger partial charge on any atom is -0.477 e. The molecule has 0 bridgehead atoms. The lowest BCUT2D eigenvalue weighted by Gasteiger charge is -2.47. The maximum absolute atomic E-state index is 11.4. The van der Waals surface area contributed by atoms with Crippen LogP contribution >= 0.6 is 11.3 Å². The maximum atomic E-state index is 11.4. The van der Waals surface area contributed by atoms with E-state index in [0.29, 0.717) is 22.7 Å². The largest absolute Gasteiger partial charge is 0.477 e. The summed E-state index contributed by atoms with van der Waals surface area (Å²) in [5, 5.41) is 22.5. The van der Waals surface area contributed by atoms with Gasteiger partial charge in [0.1, 0.15) is 16.5 Å². The van der Waals surface area contributed by atoms with Crippen molar-refractivity contribution >= 4 is 40.0 Å². The summed E-state index contributed by atoms with van der Waals surface area (Å²) in [7, 11) is 2.13. The molecule has 11 heteroatoms. The summed E-state index contributed by atoms with van der Waals surface area (Å²) in [6, 6.07) is 2.05. The van der Waals surface area contributed by atoms with Gasteiger partial charge >= 0.3 is 5.97 Å². The number of piperazine rings is 1. The first kappa shape index (κ1) is 23.7. The highest BCUT2D eigenvalue weighted by molar-refractivity contribution is 7.17. The Morgan fingerprint density at radius 3 is 2.48 bits per heavy atom. The van der Waals surface area contributed by atoms with Gasteiger partial charge in [-0.15, -0.1) is 0 Å². The smallest absolute Gasteiger partial charge is 0.347 e. The molecule has 0 atom stereocenters. The van der Waals surface area contributed by atoms with E-state index in [9.17, 15) is 15.0 Å². The number of carboxylic acids is 1. The SMILES string of the molecule is Cc1nc(Nc2nc(N3CCC(CO)CC3)cc(N3CCN(C)CC3(C)C)n2)sc1C(=O)O. The molecule has 2 aliphatic rings. The number of rotatable bonds is 6. The number of likely N-dealkylation sites (N-methyl/N-ethyl adjacent to an activating group) is 1. The van der Waals surface area contributed by atoms with Crippen molar-refractivity contribution in [1.29, 1.82) is 0 Å². The second-order valence-corrected chi connectivity index (χ2v) is 10.6. The Labute approximate surface area is 198 Å². The standard InChI is InChI=1S/C22H33N7O3S/c1-14-18(19(31)32)33-21(23-14)26-20-24-16(28-7-5-15(12-30)6-8-28)11-17(25-20)29-10-9-27(4)13-22(29,2)3/h11,15,30H,5-10,12-13H2,1-4H3,(H,31,32)(H,23,24,25,26). The molecule has 2 aromatic heterocycles. The molecule has 0 saturated carbocycles. The number of aromatic carboxylic acids is 1. The van der Waals surface area contributed by atoms with Gasteiger partial charge in [0.15, 0.2) is 5.13 Å². The molecule has 4 rings (SSSR count). The second-order valence-electron chi connectivity index (χ2n) is 9.59. The van der Waals surface area contributed by atoms with E-state index < -0.39 is 5.97 Å². The number of thiazole rings is 1. The van der Waals surface area contributed by atoms with E-state index in [2.05, 4.69) is 45.9 Å². The summed E-state index contributed by atoms with van der Waals surface area (Å²) in [5.41, 5.74) is 0.367. The summed E-state index contributed by atoms with van der Waals surface area (Å²) in [6.45, 7) is 10.7. The number of carbonyl (C=O) groups is 1. The Kier molecular flexibility index (Phi) is 6.73. The molecule has 0 amide bonds. The molecule has 4 heterocycles. The van der Waals surface area contributed by atoms with Crippen LogP contribution in [0.1, 0.15) is 42.1 Å². The van der Waals surface area contributed by atoms with Crippen molar-refractivity contribution in [3.63, 3.8) is 0 Å². The van der Waals surface area contributed by atoms with Gasteiger partial charge in [-0.2, -0.15) is 9.97 Å². The van der Waals surface area contributed by atoms with Crippen molar-refractivity contribution < 1.29 is 15.0 Å². The number of nitrogens with zero attached hydrogens (tertiary/aromatic N) is 6. The number of hydrogen-bond acceptors (Lipinski definition) is 10. The fourth-order valence-electron chi connectivity index (χ4n) is 4.69. The van der Waals surface area contributed by atoms with Gasteiger partial charge in [0.2, 0.25) is 5.95 Å². The average molecular weight is 476 g/mol. The van der Waals surface area contributed by atoms with E-state index in [4.69, 9.17) is 9.97 Å². The molecular weight excluding hydrogens is 442 g/mol. The van der Waals surface area contributed by atoms with Gasteiger partial charge < -0.3 is 24.9 Å². The zero-order valence-corrected chi connectivity index (χ0v) is 20.5. The Morgan fingerprint density at radius 1 is 1.18 bits per heavy atom. The monoisotopic (exact) mass is 475 g/mol. The highest BCUT2D eigenvalue weighted by atomic mass is 32.1. The number of anilines is 4. The van der Waals surface area contributed by atoms with E-state index in [1.807, 2.05) is 6.07 Å². The van der Waals surface area contributed by atoms with Crippen LogP contribution in [0.15, 0.2) is 6.07 Å². The van der Waals surface area contributed by atoms with Crippen LogP contribution in [0.2, 0.25) is 0 Å². The molecule has 0 unspecified atom stereocenters. The number of piperidine rings is 1. The van der Waals surface area contributed by atoms with Crippen LogP contribution in [0.5, 0.6) is 0 Å². The Hall–Kier alpha value is -2.50. The average Bonchev–Trinajstić information content (AvgIpc) is 3.13. The molecule has 2 aliphatic heterocycles. The van der Waals surface area contributed by atoms with Gasteiger partial charge in [-0.05, 0) is 46.6 Å². The minimum atomic E-state index is -0.987. The van der Waals surface area contributed by atoms with E-state index in [1.165, 1.54) is 0 Å². The number of aliphatic hydroxyl groups excluding tert-OH is 1. The molecule has 0 spiro atoms. The van der Waals surface area contributed by atoms with Crippen LogP contribution in [0, 0.1) is 12.8 Å². The van der Waals surface area contributed by atoms with E-state index in [-0.39, 0.29) is 17.0 Å². The van der Waals surface area contributed by atoms with Crippen molar-refractivity contribution in [2.75, 3.05) is 61.5 Å². The third-order valence-corrected chi connectivity index (χ3v) is 7.54. The van der Waals surface area contributed by atoms with Crippen molar-refractivity contribution in [3.8, 4) is 0 Å². The fourth-order valence-corrected chi connectivity index (χ4v) is 5.49. The highest BCUT2D eigenvalue weighted by Gasteiger charge is 2.34. The predicted octanol–water partition coefficient (Wildman–Crippen LogP) is 2.42. The van der Waals surface area contributed by atoms with Crippen molar-refractivity contribution in [2.24, 2.45) is 5.92 Å². The first-order valence-electron chi connectivity index (χ1n) is 11.3. The molecule has 3 N–H and O–H groups in total. The third kappa shape index (κ3) is 5.20. The van der Waals surface area contributed by atoms with Crippen molar-refractivity contribution in [2.45, 2.75) is 39.2 Å². The summed E-state index contributed by atoms with van der Waals surface area (Å²) in [4.78, 5) is 32.5. The first-order valence-corrected chi connectivity index (χ1v) is 12.2. The van der Waals surface area contributed by atoms with Crippen LogP contribution in [0.3, 0.4) is 0 Å². The topological polar surface area (TPSA) is 118 Å². The van der Waals surface area contributed by atoms with Crippen LogP contribution < -0.4 is 15.1 Å². The molecule has 2 aromatic rings. The zero-order chi connectivity index (χ0) is 23.8. The highest BCUT2D eigenvalue weighted by Crippen LogP contribution is 2.32. The zero-order valence-electron chi connectivity index (χ0n) is 19.7. The summed E-state index contributed by atoms with van der Waals surface area (Å²) in [6.07, 6.45) is 1.85. The van der Waals surface area contributed by atoms with Gasteiger partial charge in [0.05, 0.1) is 5.69 Å². The number of aliphatic hydroxyl groups is 1.